The fourth-order valence-corrected chi connectivity index (χ4v) is 3.48. The zero-order valence-corrected chi connectivity index (χ0v) is 20.1. The fourth-order valence-electron chi connectivity index (χ4n) is 3.48. The highest BCUT2D eigenvalue weighted by Gasteiger charge is 2.54. The second kappa shape index (κ2) is 13.0. The van der Waals surface area contributed by atoms with Crippen molar-refractivity contribution in [3.63, 3.8) is 0 Å². The first-order valence-electron chi connectivity index (χ1n) is 10.9. The molecule has 0 aliphatic carbocycles. The van der Waals surface area contributed by atoms with Crippen LogP contribution in [0.3, 0.4) is 0 Å². The van der Waals surface area contributed by atoms with Gasteiger partial charge in [0.25, 0.3) is 0 Å². The number of ether oxygens (including phenoxy) is 6. The number of aromatic nitrogens is 2. The zero-order chi connectivity index (χ0) is 24.7. The number of nitrogens with zero attached hydrogens (tertiary/aromatic N) is 2. The first-order chi connectivity index (χ1) is 16.3. The third-order valence-electron chi connectivity index (χ3n) is 4.98. The van der Waals surface area contributed by atoms with E-state index in [4.69, 9.17) is 33.8 Å². The molecule has 0 amide bonds. The summed E-state index contributed by atoms with van der Waals surface area (Å²) in [7, 11) is 0. The average molecular weight is 518 g/mol. The number of nitrogens with one attached hydrogen (secondary N) is 1. The molecule has 1 aromatic heterocycles. The van der Waals surface area contributed by atoms with Crippen molar-refractivity contribution >= 4 is 36.3 Å². The van der Waals surface area contributed by atoms with Crippen LogP contribution >= 0.6 is 12.4 Å². The Morgan fingerprint density at radius 1 is 0.971 bits per heavy atom. The lowest BCUT2D eigenvalue weighted by atomic mass is 10.1. The Hall–Kier alpha value is -3.19. The SMILES string of the molecule is CCOC(=O)CCC(=O)OC[C@H]1O[C@@H]2[C@H](Oc3nc(=N)ccn32)[C@@H]1OC(=O)CCC(=O)OCC.Cl. The van der Waals surface area contributed by atoms with E-state index >= 15 is 0 Å². The molecule has 14 heteroatoms. The molecule has 35 heavy (non-hydrogen) atoms. The van der Waals surface area contributed by atoms with Crippen LogP contribution in [0.4, 0.5) is 0 Å². The van der Waals surface area contributed by atoms with E-state index < -0.39 is 48.4 Å². The Kier molecular flexibility index (Phi) is 10.5. The molecule has 4 atom stereocenters. The highest BCUT2D eigenvalue weighted by atomic mass is 35.5. The molecular formula is C21H28ClN3O10. The van der Waals surface area contributed by atoms with E-state index in [2.05, 4.69) is 4.98 Å². The molecule has 0 spiro atoms. The molecule has 13 nitrogen and oxygen atoms in total. The number of carbonyl (C=O) groups is 4. The van der Waals surface area contributed by atoms with Gasteiger partial charge in [0.05, 0.1) is 38.9 Å². The van der Waals surface area contributed by atoms with E-state index in [1.807, 2.05) is 0 Å². The summed E-state index contributed by atoms with van der Waals surface area (Å²) in [6.45, 7) is 3.48. The monoisotopic (exact) mass is 517 g/mol. The molecule has 0 radical (unpaired) electrons. The van der Waals surface area contributed by atoms with Gasteiger partial charge in [-0.2, -0.15) is 4.98 Å². The summed E-state index contributed by atoms with van der Waals surface area (Å²) in [5, 5.41) is 7.65. The smallest absolute Gasteiger partial charge is 0.306 e. The fraction of sp³-hybridized carbons (Fsp3) is 0.619. The summed E-state index contributed by atoms with van der Waals surface area (Å²) in [5.41, 5.74) is -0.0127. The first-order valence-corrected chi connectivity index (χ1v) is 10.9. The van der Waals surface area contributed by atoms with Crippen molar-refractivity contribution in [1.29, 1.82) is 5.41 Å². The van der Waals surface area contributed by atoms with Gasteiger partial charge < -0.3 is 28.4 Å². The summed E-state index contributed by atoms with van der Waals surface area (Å²) in [5.74, 6) is -2.36. The highest BCUT2D eigenvalue weighted by Crippen LogP contribution is 2.40. The minimum Gasteiger partial charge on any atom is -0.466 e. The van der Waals surface area contributed by atoms with Gasteiger partial charge in [-0.15, -0.1) is 12.4 Å². The molecule has 0 bridgehead atoms. The maximum absolute atomic E-state index is 12.4. The molecular weight excluding hydrogens is 490 g/mol. The molecule has 1 aromatic rings. The van der Waals surface area contributed by atoms with Gasteiger partial charge in [-0.25, -0.2) is 0 Å². The number of hydrogen-bond acceptors (Lipinski definition) is 12. The van der Waals surface area contributed by atoms with Crippen LogP contribution in [0.25, 0.3) is 0 Å². The van der Waals surface area contributed by atoms with Crippen LogP contribution in [-0.4, -0.2) is 71.6 Å². The van der Waals surface area contributed by atoms with Crippen LogP contribution in [0.2, 0.25) is 0 Å². The Morgan fingerprint density at radius 2 is 1.54 bits per heavy atom. The van der Waals surface area contributed by atoms with Crippen LogP contribution in [-0.2, 0) is 42.9 Å². The van der Waals surface area contributed by atoms with Gasteiger partial charge in [-0.05, 0) is 19.9 Å². The predicted octanol–water partition coefficient (Wildman–Crippen LogP) is 0.584. The van der Waals surface area contributed by atoms with E-state index in [0.29, 0.717) is 0 Å². The molecule has 1 fully saturated rings. The average Bonchev–Trinajstić information content (AvgIpc) is 3.30. The van der Waals surface area contributed by atoms with Crippen molar-refractivity contribution in [2.45, 2.75) is 64.1 Å². The van der Waals surface area contributed by atoms with Gasteiger partial charge in [0.15, 0.2) is 23.9 Å². The minimum atomic E-state index is -0.978. The second-order valence-electron chi connectivity index (χ2n) is 7.40. The molecule has 2 aliphatic heterocycles. The van der Waals surface area contributed by atoms with E-state index in [1.165, 1.54) is 6.07 Å². The van der Waals surface area contributed by atoms with Gasteiger partial charge in [0.2, 0.25) is 0 Å². The van der Waals surface area contributed by atoms with Crippen molar-refractivity contribution in [3.8, 4) is 6.01 Å². The Morgan fingerprint density at radius 3 is 2.14 bits per heavy atom. The van der Waals surface area contributed by atoms with Crippen molar-refractivity contribution in [2.75, 3.05) is 19.8 Å². The highest BCUT2D eigenvalue weighted by molar-refractivity contribution is 5.85. The topological polar surface area (TPSA) is 165 Å². The molecule has 0 saturated carbocycles. The molecule has 0 unspecified atom stereocenters. The van der Waals surface area contributed by atoms with Gasteiger partial charge in [0.1, 0.15) is 12.7 Å². The van der Waals surface area contributed by atoms with Gasteiger partial charge in [-0.1, -0.05) is 0 Å². The van der Waals surface area contributed by atoms with E-state index in [0.717, 1.165) is 0 Å². The largest absolute Gasteiger partial charge is 0.466 e. The van der Waals surface area contributed by atoms with Crippen molar-refractivity contribution in [2.24, 2.45) is 0 Å². The number of hydrogen-bond donors (Lipinski definition) is 1. The van der Waals surface area contributed by atoms with Crippen LogP contribution < -0.4 is 10.2 Å². The standard InChI is InChI=1S/C21H27N3O10.ClH/c1-3-29-14(25)5-6-16(27)31-11-12-18(33-17(28)8-7-15(26)30-4-2)19-20(32-12)24-10-9-13(22)23-21(24)34-19;/h9-10,12,18-20,22H,3-8,11H2,1-2H3;1H/t12-,18-,19-,20-;/m1./s1. The van der Waals surface area contributed by atoms with Crippen LogP contribution in [0.15, 0.2) is 12.3 Å². The number of rotatable bonds is 11. The van der Waals surface area contributed by atoms with Crippen LogP contribution in [0.1, 0.15) is 45.8 Å². The molecule has 1 saturated heterocycles. The van der Waals surface area contributed by atoms with Gasteiger partial charge in [-0.3, -0.25) is 29.2 Å². The lowest BCUT2D eigenvalue weighted by Crippen LogP contribution is -2.40. The van der Waals surface area contributed by atoms with E-state index in [1.54, 1.807) is 24.6 Å². The maximum Gasteiger partial charge on any atom is 0.306 e. The zero-order valence-electron chi connectivity index (χ0n) is 19.3. The Bertz CT molecular complexity index is 984. The molecule has 1 N–H and O–H groups in total. The Labute approximate surface area is 206 Å². The van der Waals surface area contributed by atoms with E-state index in [9.17, 15) is 19.2 Å². The van der Waals surface area contributed by atoms with Crippen molar-refractivity contribution in [1.82, 2.24) is 9.55 Å². The first kappa shape index (κ1) is 28.1. The maximum atomic E-state index is 12.4. The molecule has 0 aromatic carbocycles. The summed E-state index contributed by atoms with van der Waals surface area (Å²) in [4.78, 5) is 51.4. The number of halogens is 1. The minimum absolute atomic E-state index is 0. The van der Waals surface area contributed by atoms with Crippen molar-refractivity contribution in [3.05, 3.63) is 17.8 Å². The number of carbonyl (C=O) groups excluding carboxylic acids is 4. The third-order valence-corrected chi connectivity index (χ3v) is 4.98. The lowest BCUT2D eigenvalue weighted by molar-refractivity contribution is -0.163. The second-order valence-corrected chi connectivity index (χ2v) is 7.40. The summed E-state index contributed by atoms with van der Waals surface area (Å²) >= 11 is 0. The van der Waals surface area contributed by atoms with Crippen molar-refractivity contribution < 1.29 is 47.6 Å². The van der Waals surface area contributed by atoms with Crippen LogP contribution in [0, 0.1) is 5.41 Å². The predicted molar refractivity (Wildman–Crippen MR) is 116 cm³/mol. The molecule has 194 valence electrons. The van der Waals surface area contributed by atoms with E-state index in [-0.39, 0.29) is 69.4 Å². The summed E-state index contributed by atoms with van der Waals surface area (Å²) in [6.07, 6.45) is -2.48. The normalized spacial score (nSPS) is 21.5. The molecule has 3 heterocycles. The van der Waals surface area contributed by atoms with Crippen LogP contribution in [0.5, 0.6) is 6.01 Å². The van der Waals surface area contributed by atoms with Gasteiger partial charge in [0, 0.05) is 6.20 Å². The third kappa shape index (κ3) is 7.39. The Balaban J connectivity index is 0.00000432. The quantitative estimate of drug-likeness (QED) is 0.322. The lowest BCUT2D eigenvalue weighted by Gasteiger charge is -2.22. The summed E-state index contributed by atoms with van der Waals surface area (Å²) in [6, 6.07) is 1.57. The summed E-state index contributed by atoms with van der Waals surface area (Å²) < 4.78 is 33.6. The molecule has 3 rings (SSSR count). The molecule has 2 aliphatic rings. The number of esters is 4. The van der Waals surface area contributed by atoms with Gasteiger partial charge >= 0.3 is 29.9 Å². The number of fused-ring (bicyclic) bond motifs is 3.